The molecule has 0 unspecified atom stereocenters. The lowest BCUT2D eigenvalue weighted by Crippen LogP contribution is -2.37. The van der Waals surface area contributed by atoms with Crippen LogP contribution >= 0.6 is 0 Å². The molecule has 2 aromatic rings. The van der Waals surface area contributed by atoms with Gasteiger partial charge < -0.3 is 14.4 Å². The number of hydrogen-bond acceptors (Lipinski definition) is 4. The lowest BCUT2D eigenvalue weighted by molar-refractivity contribution is -0.146. The van der Waals surface area contributed by atoms with E-state index in [0.717, 1.165) is 11.2 Å². The Kier molecular flexibility index (Phi) is 2.98. The molecule has 0 radical (unpaired) electrons. The molecule has 96 valence electrons. The molecule has 0 saturated carbocycles. The summed E-state index contributed by atoms with van der Waals surface area (Å²) in [6.07, 6.45) is 1.40. The number of hydrogen-bond donors (Lipinski definition) is 1. The molecular formula is C13H16N2O3. The number of nitrogens with zero attached hydrogens (tertiary/aromatic N) is 2. The number of rotatable bonds is 4. The fraction of sp³-hybridized carbons (Fsp3) is 0.385. The van der Waals surface area contributed by atoms with E-state index in [2.05, 4.69) is 4.98 Å². The first-order chi connectivity index (χ1) is 8.40. The minimum Gasteiger partial charge on any atom is -0.481 e. The zero-order valence-electron chi connectivity index (χ0n) is 10.7. The Balaban J connectivity index is 2.22. The zero-order chi connectivity index (χ0) is 13.3. The molecular weight excluding hydrogens is 232 g/mol. The van der Waals surface area contributed by atoms with Crippen molar-refractivity contribution in [1.29, 1.82) is 0 Å². The van der Waals surface area contributed by atoms with Crippen molar-refractivity contribution >= 4 is 22.8 Å². The molecule has 2 rings (SSSR count). The highest BCUT2D eigenvalue weighted by Gasteiger charge is 2.28. The first kappa shape index (κ1) is 12.4. The van der Waals surface area contributed by atoms with Crippen LogP contribution in [0.15, 0.2) is 29.0 Å². The number of anilines is 1. The second kappa shape index (κ2) is 4.33. The van der Waals surface area contributed by atoms with E-state index in [1.807, 2.05) is 30.1 Å². The second-order valence-corrected chi connectivity index (χ2v) is 5.05. The third-order valence-corrected chi connectivity index (χ3v) is 2.97. The van der Waals surface area contributed by atoms with Gasteiger partial charge in [-0.3, -0.25) is 4.79 Å². The average molecular weight is 248 g/mol. The van der Waals surface area contributed by atoms with Crippen molar-refractivity contribution in [2.75, 3.05) is 18.5 Å². The average Bonchev–Trinajstić information content (AvgIpc) is 2.74. The Bertz CT molecular complexity index is 574. The highest BCUT2D eigenvalue weighted by Crippen LogP contribution is 2.24. The van der Waals surface area contributed by atoms with E-state index in [9.17, 15) is 4.79 Å². The predicted octanol–water partition coefficient (Wildman–Crippen LogP) is 2.37. The number of aliphatic carboxylic acids is 1. The van der Waals surface area contributed by atoms with Crippen molar-refractivity contribution in [3.8, 4) is 0 Å². The molecule has 0 bridgehead atoms. The molecule has 0 atom stereocenters. The summed E-state index contributed by atoms with van der Waals surface area (Å²) in [4.78, 5) is 17.0. The van der Waals surface area contributed by atoms with Gasteiger partial charge in [0.15, 0.2) is 12.0 Å². The number of fused-ring (bicyclic) bond motifs is 1. The van der Waals surface area contributed by atoms with Crippen LogP contribution in [0.25, 0.3) is 11.1 Å². The summed E-state index contributed by atoms with van der Waals surface area (Å²) >= 11 is 0. The van der Waals surface area contributed by atoms with E-state index >= 15 is 0 Å². The summed E-state index contributed by atoms with van der Waals surface area (Å²) in [5.74, 6) is -0.810. The standard InChI is InChI=1S/C13H16N2O3/c1-13(2,12(16)17)7-15(3)9-4-5-10-11(6-9)18-8-14-10/h4-6,8H,7H2,1-3H3,(H,16,17). The third-order valence-electron chi connectivity index (χ3n) is 2.97. The molecule has 1 N–H and O–H groups in total. The Morgan fingerprint density at radius 1 is 1.50 bits per heavy atom. The number of carbonyl (C=O) groups is 1. The fourth-order valence-corrected chi connectivity index (χ4v) is 1.83. The van der Waals surface area contributed by atoms with Crippen molar-refractivity contribution in [2.45, 2.75) is 13.8 Å². The fourth-order valence-electron chi connectivity index (χ4n) is 1.83. The topological polar surface area (TPSA) is 66.6 Å². The number of benzene rings is 1. The molecule has 1 aromatic carbocycles. The molecule has 5 heteroatoms. The monoisotopic (exact) mass is 248 g/mol. The molecule has 0 amide bonds. The van der Waals surface area contributed by atoms with Crippen molar-refractivity contribution in [2.24, 2.45) is 5.41 Å². The number of carboxylic acids is 1. The van der Waals surface area contributed by atoms with E-state index in [0.29, 0.717) is 12.1 Å². The summed E-state index contributed by atoms with van der Waals surface area (Å²) in [7, 11) is 1.86. The zero-order valence-corrected chi connectivity index (χ0v) is 10.7. The predicted molar refractivity (Wildman–Crippen MR) is 68.7 cm³/mol. The molecule has 0 fully saturated rings. The van der Waals surface area contributed by atoms with E-state index in [1.54, 1.807) is 13.8 Å². The van der Waals surface area contributed by atoms with Crippen LogP contribution in [0, 0.1) is 5.41 Å². The van der Waals surface area contributed by atoms with Gasteiger partial charge in [0.2, 0.25) is 0 Å². The molecule has 0 aliphatic heterocycles. The SMILES string of the molecule is CN(CC(C)(C)C(=O)O)c1ccc2ncoc2c1. The van der Waals surface area contributed by atoms with E-state index < -0.39 is 11.4 Å². The van der Waals surface area contributed by atoms with Gasteiger partial charge in [0.1, 0.15) is 5.52 Å². The van der Waals surface area contributed by atoms with Crippen molar-refractivity contribution in [3.05, 3.63) is 24.6 Å². The minimum absolute atomic E-state index is 0.419. The Morgan fingerprint density at radius 2 is 2.22 bits per heavy atom. The van der Waals surface area contributed by atoms with Gasteiger partial charge in [-0.05, 0) is 26.0 Å². The molecule has 0 aliphatic rings. The van der Waals surface area contributed by atoms with Gasteiger partial charge in [0, 0.05) is 25.3 Å². The molecule has 1 heterocycles. The number of aromatic nitrogens is 1. The summed E-state index contributed by atoms with van der Waals surface area (Å²) in [6, 6.07) is 5.63. The summed E-state index contributed by atoms with van der Waals surface area (Å²) in [6.45, 7) is 3.83. The first-order valence-corrected chi connectivity index (χ1v) is 5.68. The van der Waals surface area contributed by atoms with E-state index in [4.69, 9.17) is 9.52 Å². The van der Waals surface area contributed by atoms with Crippen LogP contribution in [0.1, 0.15) is 13.8 Å². The lowest BCUT2D eigenvalue weighted by atomic mass is 9.93. The summed E-state index contributed by atoms with van der Waals surface area (Å²) in [5, 5.41) is 9.12. The van der Waals surface area contributed by atoms with Crippen LogP contribution in [-0.4, -0.2) is 29.7 Å². The molecule has 0 saturated heterocycles. The van der Waals surface area contributed by atoms with Gasteiger partial charge in [-0.25, -0.2) is 4.98 Å². The normalized spacial score (nSPS) is 11.7. The van der Waals surface area contributed by atoms with Crippen molar-refractivity contribution < 1.29 is 14.3 Å². The molecule has 18 heavy (non-hydrogen) atoms. The van der Waals surface area contributed by atoms with E-state index in [1.165, 1.54) is 6.39 Å². The molecule has 0 spiro atoms. The van der Waals surface area contributed by atoms with E-state index in [-0.39, 0.29) is 0 Å². The molecule has 1 aromatic heterocycles. The largest absolute Gasteiger partial charge is 0.481 e. The van der Waals surface area contributed by atoms with Gasteiger partial charge in [-0.2, -0.15) is 0 Å². The summed E-state index contributed by atoms with van der Waals surface area (Å²) < 4.78 is 5.23. The van der Waals surface area contributed by atoms with Gasteiger partial charge >= 0.3 is 5.97 Å². The smallest absolute Gasteiger partial charge is 0.310 e. The third kappa shape index (κ3) is 2.30. The Labute approximate surface area is 105 Å². The van der Waals surface area contributed by atoms with Gasteiger partial charge in [-0.1, -0.05) is 0 Å². The lowest BCUT2D eigenvalue weighted by Gasteiger charge is -2.28. The second-order valence-electron chi connectivity index (χ2n) is 5.05. The van der Waals surface area contributed by atoms with Gasteiger partial charge in [-0.15, -0.1) is 0 Å². The Morgan fingerprint density at radius 3 is 2.89 bits per heavy atom. The van der Waals surface area contributed by atoms with Crippen LogP contribution in [0.5, 0.6) is 0 Å². The van der Waals surface area contributed by atoms with Gasteiger partial charge in [0.25, 0.3) is 0 Å². The van der Waals surface area contributed by atoms with Crippen LogP contribution in [-0.2, 0) is 4.79 Å². The molecule has 0 aliphatic carbocycles. The van der Waals surface area contributed by atoms with Crippen LogP contribution < -0.4 is 4.90 Å². The van der Waals surface area contributed by atoms with Crippen LogP contribution in [0.3, 0.4) is 0 Å². The highest BCUT2D eigenvalue weighted by atomic mass is 16.4. The van der Waals surface area contributed by atoms with Crippen LogP contribution in [0.2, 0.25) is 0 Å². The summed E-state index contributed by atoms with van der Waals surface area (Å²) in [5.41, 5.74) is 1.61. The van der Waals surface area contributed by atoms with Crippen LogP contribution in [0.4, 0.5) is 5.69 Å². The number of carboxylic acid groups (broad SMARTS) is 1. The molecule has 5 nitrogen and oxygen atoms in total. The maximum atomic E-state index is 11.1. The highest BCUT2D eigenvalue weighted by molar-refractivity contribution is 5.78. The maximum Gasteiger partial charge on any atom is 0.310 e. The maximum absolute atomic E-state index is 11.1. The van der Waals surface area contributed by atoms with Crippen molar-refractivity contribution in [1.82, 2.24) is 4.98 Å². The minimum atomic E-state index is -0.810. The number of oxazole rings is 1. The first-order valence-electron chi connectivity index (χ1n) is 5.68. The van der Waals surface area contributed by atoms with Crippen molar-refractivity contribution in [3.63, 3.8) is 0 Å². The van der Waals surface area contributed by atoms with Gasteiger partial charge in [0.05, 0.1) is 5.41 Å². The quantitative estimate of drug-likeness (QED) is 0.899. The Hall–Kier alpha value is -2.04.